The number of carbonyl (C=O) groups is 1. The number of hydrogen-bond donors (Lipinski definition) is 3. The minimum absolute atomic E-state index is 0.486. The number of ether oxygens (including phenoxy) is 2. The number of halogens is 3. The van der Waals surface area contributed by atoms with Gasteiger partial charge in [-0.2, -0.15) is 13.2 Å². The van der Waals surface area contributed by atoms with E-state index < -0.39 is 54.2 Å². The molecule has 0 aliphatic carbocycles. The SMILES string of the molecule is CC1OC(C(N)=O)C(Oc2cccc(C(F)(F)F)n2)C(O)C1O. The van der Waals surface area contributed by atoms with E-state index in [1.54, 1.807) is 0 Å². The number of aliphatic hydroxyl groups is 2. The summed E-state index contributed by atoms with van der Waals surface area (Å²) in [6, 6.07) is 2.91. The molecule has 0 aromatic carbocycles. The predicted octanol–water partition coefficient (Wildman–Crippen LogP) is -0.158. The van der Waals surface area contributed by atoms with Crippen molar-refractivity contribution < 1.29 is 37.7 Å². The normalized spacial score (nSPS) is 31.7. The first-order chi connectivity index (χ1) is 10.6. The van der Waals surface area contributed by atoms with Crippen LogP contribution in [0.3, 0.4) is 0 Å². The van der Waals surface area contributed by atoms with Crippen LogP contribution in [0.4, 0.5) is 13.2 Å². The van der Waals surface area contributed by atoms with Crippen molar-refractivity contribution in [1.29, 1.82) is 0 Å². The first-order valence-corrected chi connectivity index (χ1v) is 6.63. The van der Waals surface area contributed by atoms with Crippen molar-refractivity contribution in [3.63, 3.8) is 0 Å². The highest BCUT2D eigenvalue weighted by Crippen LogP contribution is 2.30. The second-order valence-corrected chi connectivity index (χ2v) is 5.09. The second-order valence-electron chi connectivity index (χ2n) is 5.09. The van der Waals surface area contributed by atoms with Gasteiger partial charge in [-0.1, -0.05) is 6.07 Å². The summed E-state index contributed by atoms with van der Waals surface area (Å²) in [4.78, 5) is 14.7. The van der Waals surface area contributed by atoms with Crippen LogP contribution in [-0.2, 0) is 15.7 Å². The molecule has 2 heterocycles. The molecule has 5 unspecified atom stereocenters. The molecule has 1 aliphatic heterocycles. The molecule has 1 amide bonds. The fourth-order valence-corrected chi connectivity index (χ4v) is 2.18. The average Bonchev–Trinajstić information content (AvgIpc) is 2.47. The van der Waals surface area contributed by atoms with Crippen LogP contribution >= 0.6 is 0 Å². The Kier molecular flexibility index (Phi) is 4.78. The number of carbonyl (C=O) groups excluding carboxylic acids is 1. The third-order valence-corrected chi connectivity index (χ3v) is 3.38. The largest absolute Gasteiger partial charge is 0.468 e. The van der Waals surface area contributed by atoms with Crippen molar-refractivity contribution in [2.45, 2.75) is 43.6 Å². The molecular weight excluding hydrogens is 321 g/mol. The Hall–Kier alpha value is -1.91. The molecule has 7 nitrogen and oxygen atoms in total. The fraction of sp³-hybridized carbons (Fsp3) is 0.538. The topological polar surface area (TPSA) is 115 Å². The molecule has 1 saturated heterocycles. The zero-order valence-corrected chi connectivity index (χ0v) is 11.9. The Morgan fingerprint density at radius 3 is 2.57 bits per heavy atom. The molecule has 1 aromatic rings. The minimum Gasteiger partial charge on any atom is -0.468 e. The molecule has 0 radical (unpaired) electrons. The maximum atomic E-state index is 12.6. The first-order valence-electron chi connectivity index (χ1n) is 6.63. The van der Waals surface area contributed by atoms with Gasteiger partial charge in [-0.05, 0) is 13.0 Å². The van der Waals surface area contributed by atoms with Gasteiger partial charge in [-0.15, -0.1) is 0 Å². The predicted molar refractivity (Wildman–Crippen MR) is 69.2 cm³/mol. The maximum absolute atomic E-state index is 12.6. The quantitative estimate of drug-likeness (QED) is 0.707. The zero-order valence-electron chi connectivity index (χ0n) is 11.9. The van der Waals surface area contributed by atoms with Crippen molar-refractivity contribution in [3.8, 4) is 5.88 Å². The van der Waals surface area contributed by atoms with Crippen molar-refractivity contribution in [3.05, 3.63) is 23.9 Å². The van der Waals surface area contributed by atoms with Crippen LogP contribution in [0.2, 0.25) is 0 Å². The third kappa shape index (κ3) is 3.71. The number of nitrogens with two attached hydrogens (primary N) is 1. The van der Waals surface area contributed by atoms with E-state index in [0.29, 0.717) is 0 Å². The van der Waals surface area contributed by atoms with Crippen LogP contribution in [0.5, 0.6) is 5.88 Å². The zero-order chi connectivity index (χ0) is 17.4. The van der Waals surface area contributed by atoms with E-state index in [-0.39, 0.29) is 0 Å². The Morgan fingerprint density at radius 2 is 2.00 bits per heavy atom. The van der Waals surface area contributed by atoms with Crippen LogP contribution in [0.15, 0.2) is 18.2 Å². The number of aromatic nitrogens is 1. The average molecular weight is 336 g/mol. The summed E-state index contributed by atoms with van der Waals surface area (Å²) in [6.45, 7) is 1.41. The standard InChI is InChI=1S/C13H15F3N2O5/c1-5-8(19)9(20)10(11(22-5)12(17)21)23-7-4-2-3-6(18-7)13(14,15)16/h2-5,8-11,19-20H,1H3,(H2,17,21). The first kappa shape index (κ1) is 17.4. The lowest BCUT2D eigenvalue weighted by molar-refractivity contribution is -0.209. The second kappa shape index (κ2) is 6.30. The Morgan fingerprint density at radius 1 is 1.35 bits per heavy atom. The lowest BCUT2D eigenvalue weighted by Crippen LogP contribution is -2.62. The van der Waals surface area contributed by atoms with E-state index in [1.807, 2.05) is 0 Å². The third-order valence-electron chi connectivity index (χ3n) is 3.38. The number of amides is 1. The molecule has 2 rings (SSSR count). The summed E-state index contributed by atoms with van der Waals surface area (Å²) in [5, 5.41) is 19.8. The van der Waals surface area contributed by atoms with Crippen LogP contribution in [0.1, 0.15) is 12.6 Å². The number of alkyl halides is 3. The summed E-state index contributed by atoms with van der Waals surface area (Å²) in [7, 11) is 0. The number of pyridine rings is 1. The minimum atomic E-state index is -4.68. The summed E-state index contributed by atoms with van der Waals surface area (Å²) < 4.78 is 48.2. The van der Waals surface area contributed by atoms with Gasteiger partial charge in [0.05, 0.1) is 6.10 Å². The van der Waals surface area contributed by atoms with Crippen LogP contribution < -0.4 is 10.5 Å². The fourth-order valence-electron chi connectivity index (χ4n) is 2.18. The monoisotopic (exact) mass is 336 g/mol. The van der Waals surface area contributed by atoms with Crippen molar-refractivity contribution in [2.75, 3.05) is 0 Å². The van der Waals surface area contributed by atoms with Gasteiger partial charge in [0.15, 0.2) is 12.2 Å². The summed E-state index contributed by atoms with van der Waals surface area (Å²) in [6.07, 6.45) is -11.5. The number of nitrogens with zero attached hydrogens (tertiary/aromatic N) is 1. The van der Waals surface area contributed by atoms with Gasteiger partial charge in [0.25, 0.3) is 5.91 Å². The number of hydrogen-bond acceptors (Lipinski definition) is 6. The van der Waals surface area contributed by atoms with Gasteiger partial charge in [-0.3, -0.25) is 4.79 Å². The van der Waals surface area contributed by atoms with E-state index in [9.17, 15) is 28.2 Å². The van der Waals surface area contributed by atoms with E-state index in [2.05, 4.69) is 4.98 Å². The molecule has 0 spiro atoms. The van der Waals surface area contributed by atoms with Crippen LogP contribution in [0.25, 0.3) is 0 Å². The molecule has 0 saturated carbocycles. The molecule has 4 N–H and O–H groups in total. The lowest BCUT2D eigenvalue weighted by atomic mass is 9.95. The van der Waals surface area contributed by atoms with Gasteiger partial charge in [0, 0.05) is 6.07 Å². The molecular formula is C13H15F3N2O5. The van der Waals surface area contributed by atoms with Gasteiger partial charge >= 0.3 is 6.18 Å². The molecule has 1 fully saturated rings. The van der Waals surface area contributed by atoms with Crippen molar-refractivity contribution in [1.82, 2.24) is 4.98 Å². The Labute approximate surface area is 128 Å². The van der Waals surface area contributed by atoms with Crippen LogP contribution in [-0.4, -0.2) is 51.6 Å². The van der Waals surface area contributed by atoms with Crippen molar-refractivity contribution in [2.24, 2.45) is 5.73 Å². The lowest BCUT2D eigenvalue weighted by Gasteiger charge is -2.40. The molecule has 10 heteroatoms. The summed E-state index contributed by atoms with van der Waals surface area (Å²) in [5.41, 5.74) is 3.94. The van der Waals surface area contributed by atoms with Gasteiger partial charge in [0.1, 0.15) is 17.9 Å². The molecule has 23 heavy (non-hydrogen) atoms. The summed E-state index contributed by atoms with van der Waals surface area (Å²) in [5.74, 6) is -1.47. The van der Waals surface area contributed by atoms with E-state index in [0.717, 1.165) is 18.2 Å². The van der Waals surface area contributed by atoms with E-state index in [4.69, 9.17) is 15.2 Å². The molecule has 1 aromatic heterocycles. The number of rotatable bonds is 3. The van der Waals surface area contributed by atoms with E-state index in [1.165, 1.54) is 6.92 Å². The molecule has 128 valence electrons. The molecule has 0 bridgehead atoms. The van der Waals surface area contributed by atoms with Gasteiger partial charge in [0.2, 0.25) is 5.88 Å². The maximum Gasteiger partial charge on any atom is 0.433 e. The highest BCUT2D eigenvalue weighted by Gasteiger charge is 2.47. The highest BCUT2D eigenvalue weighted by atomic mass is 19.4. The van der Waals surface area contributed by atoms with Crippen molar-refractivity contribution >= 4 is 5.91 Å². The van der Waals surface area contributed by atoms with E-state index >= 15 is 0 Å². The smallest absolute Gasteiger partial charge is 0.433 e. The Balaban J connectivity index is 2.27. The highest BCUT2D eigenvalue weighted by molar-refractivity contribution is 5.80. The van der Waals surface area contributed by atoms with Crippen LogP contribution in [0, 0.1) is 0 Å². The van der Waals surface area contributed by atoms with Gasteiger partial charge in [-0.25, -0.2) is 4.98 Å². The number of aliphatic hydroxyl groups excluding tert-OH is 2. The van der Waals surface area contributed by atoms with Gasteiger partial charge < -0.3 is 25.4 Å². The number of primary amides is 1. The Bertz CT molecular complexity index is 583. The molecule has 5 atom stereocenters. The molecule has 1 aliphatic rings. The summed E-state index contributed by atoms with van der Waals surface area (Å²) >= 11 is 0.